The molecule has 1 aromatic carbocycles. The molecular formula is C30H29ClN6O2. The van der Waals surface area contributed by atoms with Crippen LogP contribution in [0.5, 0.6) is 0 Å². The Bertz CT molecular complexity index is 1620. The van der Waals surface area contributed by atoms with E-state index in [9.17, 15) is 9.59 Å². The highest BCUT2D eigenvalue weighted by Crippen LogP contribution is 2.39. The SMILES string of the molecule is C=CC(=O)N1CCc2nn(-c3ccc(C4CCC4)cc3)c3c2[C@@H](C1)N(C(=O)c1ccc2c(Cl)ncn2c1)CC3. The lowest BCUT2D eigenvalue weighted by Gasteiger charge is -2.38. The first-order valence-corrected chi connectivity index (χ1v) is 13.9. The van der Waals surface area contributed by atoms with Crippen LogP contribution in [0, 0.1) is 0 Å². The highest BCUT2D eigenvalue weighted by Gasteiger charge is 2.40. The number of hydrogen-bond donors (Lipinski definition) is 0. The minimum Gasteiger partial charge on any atom is -0.336 e. The van der Waals surface area contributed by atoms with Gasteiger partial charge in [-0.2, -0.15) is 5.10 Å². The number of rotatable bonds is 4. The lowest BCUT2D eigenvalue weighted by molar-refractivity contribution is -0.126. The number of carbonyl (C=O) groups is 2. The number of nitrogens with zero attached hydrogens (tertiary/aromatic N) is 6. The Morgan fingerprint density at radius 2 is 1.87 bits per heavy atom. The predicted molar refractivity (Wildman–Crippen MR) is 148 cm³/mol. The van der Waals surface area contributed by atoms with Crippen molar-refractivity contribution in [2.45, 2.75) is 44.1 Å². The molecule has 7 rings (SSSR count). The summed E-state index contributed by atoms with van der Waals surface area (Å²) in [7, 11) is 0. The van der Waals surface area contributed by atoms with Gasteiger partial charge >= 0.3 is 0 Å². The molecule has 2 aliphatic heterocycles. The van der Waals surface area contributed by atoms with Crippen LogP contribution in [-0.4, -0.2) is 60.4 Å². The molecular weight excluding hydrogens is 512 g/mol. The molecule has 0 radical (unpaired) electrons. The summed E-state index contributed by atoms with van der Waals surface area (Å²) in [4.78, 5) is 34.5. The van der Waals surface area contributed by atoms with E-state index in [4.69, 9.17) is 16.7 Å². The summed E-state index contributed by atoms with van der Waals surface area (Å²) in [6.45, 7) is 5.16. The predicted octanol–water partition coefficient (Wildman–Crippen LogP) is 4.75. The van der Waals surface area contributed by atoms with Gasteiger partial charge in [0.25, 0.3) is 5.91 Å². The summed E-state index contributed by atoms with van der Waals surface area (Å²) in [5, 5.41) is 5.47. The van der Waals surface area contributed by atoms with Crippen LogP contribution in [-0.2, 0) is 17.6 Å². The van der Waals surface area contributed by atoms with Crippen LogP contribution in [0.3, 0.4) is 0 Å². The summed E-state index contributed by atoms with van der Waals surface area (Å²) < 4.78 is 3.83. The summed E-state index contributed by atoms with van der Waals surface area (Å²) in [5.41, 5.74) is 6.89. The van der Waals surface area contributed by atoms with Crippen molar-refractivity contribution in [3.8, 4) is 5.69 Å². The maximum atomic E-state index is 13.9. The molecule has 3 aliphatic rings. The fourth-order valence-corrected chi connectivity index (χ4v) is 6.47. The lowest BCUT2D eigenvalue weighted by atomic mass is 9.80. The van der Waals surface area contributed by atoms with Crippen LogP contribution in [0.4, 0.5) is 0 Å². The van der Waals surface area contributed by atoms with Crippen LogP contribution in [0.2, 0.25) is 5.15 Å². The van der Waals surface area contributed by atoms with Crippen molar-refractivity contribution in [1.29, 1.82) is 0 Å². The van der Waals surface area contributed by atoms with Crippen molar-refractivity contribution >= 4 is 28.9 Å². The number of carbonyl (C=O) groups excluding carboxylic acids is 2. The second-order valence-electron chi connectivity index (χ2n) is 10.7. The van der Waals surface area contributed by atoms with Gasteiger partial charge in [-0.15, -0.1) is 0 Å². The largest absolute Gasteiger partial charge is 0.336 e. The molecule has 2 amide bonds. The van der Waals surface area contributed by atoms with Gasteiger partial charge in [0.05, 0.1) is 34.2 Å². The Labute approximate surface area is 231 Å². The monoisotopic (exact) mass is 540 g/mol. The zero-order chi connectivity index (χ0) is 26.7. The first-order valence-electron chi connectivity index (χ1n) is 13.6. The van der Waals surface area contributed by atoms with Crippen molar-refractivity contribution in [3.63, 3.8) is 0 Å². The van der Waals surface area contributed by atoms with E-state index in [1.807, 2.05) is 11.0 Å². The van der Waals surface area contributed by atoms with Crippen LogP contribution < -0.4 is 0 Å². The van der Waals surface area contributed by atoms with Crippen LogP contribution in [0.1, 0.15) is 64.1 Å². The molecule has 0 N–H and O–H groups in total. The van der Waals surface area contributed by atoms with Gasteiger partial charge < -0.3 is 14.2 Å². The van der Waals surface area contributed by atoms with Gasteiger partial charge in [-0.3, -0.25) is 9.59 Å². The Morgan fingerprint density at radius 1 is 1.05 bits per heavy atom. The van der Waals surface area contributed by atoms with Crippen LogP contribution in [0.25, 0.3) is 11.2 Å². The van der Waals surface area contributed by atoms with Gasteiger partial charge in [-0.25, -0.2) is 9.67 Å². The summed E-state index contributed by atoms with van der Waals surface area (Å²) in [6, 6.07) is 12.1. The van der Waals surface area contributed by atoms with Crippen molar-refractivity contribution in [2.75, 3.05) is 19.6 Å². The molecule has 1 saturated carbocycles. The molecule has 4 aromatic rings. The maximum Gasteiger partial charge on any atom is 0.255 e. The van der Waals surface area contributed by atoms with E-state index in [1.165, 1.54) is 30.9 Å². The smallest absolute Gasteiger partial charge is 0.255 e. The number of aromatic nitrogens is 4. The quantitative estimate of drug-likeness (QED) is 0.350. The summed E-state index contributed by atoms with van der Waals surface area (Å²) >= 11 is 6.16. The third-order valence-corrected chi connectivity index (χ3v) is 8.89. The number of fused-ring (bicyclic) bond motifs is 1. The Hall–Kier alpha value is -3.91. The molecule has 0 bridgehead atoms. The van der Waals surface area contributed by atoms with Gasteiger partial charge in [0.1, 0.15) is 6.33 Å². The molecule has 3 aromatic heterocycles. The average Bonchev–Trinajstić information content (AvgIpc) is 3.43. The zero-order valence-electron chi connectivity index (χ0n) is 21.6. The van der Waals surface area contributed by atoms with Gasteiger partial charge in [0.2, 0.25) is 5.91 Å². The molecule has 1 aliphatic carbocycles. The number of hydrogen-bond acceptors (Lipinski definition) is 4. The second-order valence-corrected chi connectivity index (χ2v) is 11.0. The van der Waals surface area contributed by atoms with E-state index in [-0.39, 0.29) is 17.9 Å². The minimum atomic E-state index is -0.298. The molecule has 0 unspecified atom stereocenters. The normalized spacial score (nSPS) is 18.9. The first-order chi connectivity index (χ1) is 19.0. The van der Waals surface area contributed by atoms with E-state index in [2.05, 4.69) is 40.5 Å². The van der Waals surface area contributed by atoms with E-state index in [1.54, 1.807) is 27.9 Å². The van der Waals surface area contributed by atoms with Crippen molar-refractivity contribution in [1.82, 2.24) is 29.0 Å². The summed E-state index contributed by atoms with van der Waals surface area (Å²) in [6.07, 6.45) is 9.89. The summed E-state index contributed by atoms with van der Waals surface area (Å²) in [5.74, 6) is 0.462. The average molecular weight is 541 g/mol. The fraction of sp³-hybridized carbons (Fsp3) is 0.333. The molecule has 1 fully saturated rings. The van der Waals surface area contributed by atoms with Gasteiger partial charge in [0.15, 0.2) is 5.15 Å². The highest BCUT2D eigenvalue weighted by atomic mass is 35.5. The molecule has 0 saturated heterocycles. The molecule has 5 heterocycles. The lowest BCUT2D eigenvalue weighted by Crippen LogP contribution is -2.45. The number of amides is 2. The molecule has 8 nitrogen and oxygen atoms in total. The van der Waals surface area contributed by atoms with E-state index >= 15 is 0 Å². The third-order valence-electron chi connectivity index (χ3n) is 8.60. The molecule has 198 valence electrons. The Morgan fingerprint density at radius 3 is 2.62 bits per heavy atom. The number of pyridine rings is 1. The Kier molecular flexibility index (Phi) is 5.81. The molecule has 9 heteroatoms. The maximum absolute atomic E-state index is 13.9. The van der Waals surface area contributed by atoms with E-state index in [0.29, 0.717) is 49.1 Å². The second kappa shape index (κ2) is 9.38. The van der Waals surface area contributed by atoms with Gasteiger partial charge in [0, 0.05) is 44.2 Å². The Balaban J connectivity index is 1.27. The number of imidazole rings is 1. The minimum absolute atomic E-state index is 0.0891. The molecule has 0 spiro atoms. The first kappa shape index (κ1) is 24.2. The number of halogens is 1. The van der Waals surface area contributed by atoms with Crippen molar-refractivity contribution < 1.29 is 9.59 Å². The van der Waals surface area contributed by atoms with Gasteiger partial charge in [-0.05, 0) is 54.7 Å². The standard InChI is InChI=1S/C30H29ClN6O2/c1-2-27(38)34-14-12-23-28-24(37(33-23)22-9-6-20(7-10-22)19-4-3-5-19)13-15-36(26(28)17-34)30(39)21-8-11-25-29(31)32-18-35(25)16-21/h2,6-11,16,18-19,26H,1,3-5,12-15,17H2/t26-/m1/s1. The van der Waals surface area contributed by atoms with Crippen LogP contribution in [0.15, 0.2) is 61.6 Å². The van der Waals surface area contributed by atoms with E-state index in [0.717, 1.165) is 28.2 Å². The highest BCUT2D eigenvalue weighted by molar-refractivity contribution is 6.32. The molecule has 39 heavy (non-hydrogen) atoms. The molecule has 1 atom stereocenters. The van der Waals surface area contributed by atoms with Crippen molar-refractivity contribution in [2.24, 2.45) is 0 Å². The van der Waals surface area contributed by atoms with Crippen LogP contribution >= 0.6 is 11.6 Å². The van der Waals surface area contributed by atoms with Crippen molar-refractivity contribution in [3.05, 3.63) is 94.8 Å². The van der Waals surface area contributed by atoms with Gasteiger partial charge in [-0.1, -0.05) is 36.7 Å². The third kappa shape index (κ3) is 3.97. The fourth-order valence-electron chi connectivity index (χ4n) is 6.27. The van der Waals surface area contributed by atoms with E-state index < -0.39 is 0 Å². The number of benzene rings is 1. The topological polar surface area (TPSA) is 75.7 Å². The zero-order valence-corrected chi connectivity index (χ0v) is 22.3.